The fourth-order valence-corrected chi connectivity index (χ4v) is 13.2. The number of hydrogen-bond donors (Lipinski definition) is 1. The van der Waals surface area contributed by atoms with E-state index in [4.69, 9.17) is 19.0 Å². The van der Waals surface area contributed by atoms with Crippen LogP contribution in [0.25, 0.3) is 10.2 Å². The standard InChI is InChI=1S/C42H48N2O6S2Si/c1-40(2,3)53(33-17-8-6-9-18-33,34-19-10-7-11-20-34)49-31-42(27-28-42)25-14-12-16-32-22-23-35-36(30-32)51-37(43-35)24-26-41(4,52(5,46)47)39(45)44-50-38-21-13-15-29-48-38/h6-11,17-20,22-23,30,38H,13,15,21,24,26-29,31H2,1-5H3,(H,44,45)/t38?,41-/m1/s1. The molecule has 3 aromatic carbocycles. The number of thiazole rings is 1. The summed E-state index contributed by atoms with van der Waals surface area (Å²) >= 11 is 1.47. The Morgan fingerprint density at radius 3 is 2.26 bits per heavy atom. The van der Waals surface area contributed by atoms with E-state index < -0.39 is 35.1 Å². The molecule has 2 atom stereocenters. The Kier molecular flexibility index (Phi) is 11.7. The lowest BCUT2D eigenvalue weighted by Crippen LogP contribution is -2.67. The Morgan fingerprint density at radius 2 is 1.68 bits per heavy atom. The fourth-order valence-electron chi connectivity index (χ4n) is 6.73. The van der Waals surface area contributed by atoms with Crippen LogP contribution in [0.3, 0.4) is 0 Å². The number of ether oxygens (including phenoxy) is 1. The number of amides is 1. The third-order valence-corrected chi connectivity index (χ3v) is 18.5. The Hall–Kier alpha value is -3.81. The molecule has 2 aliphatic rings. The predicted molar refractivity (Wildman–Crippen MR) is 214 cm³/mol. The first-order valence-corrected chi connectivity index (χ1v) is 22.8. The highest BCUT2D eigenvalue weighted by atomic mass is 32.2. The SMILES string of the molecule is CC(C)(C)[Si](OCC1(C#CC#Cc2ccc3nc(CC[C@](C)(C(=O)NOC4CCCCO4)S(C)(=O)=O)sc3c2)CC1)(c1ccccc1)c1ccccc1. The third kappa shape index (κ3) is 8.78. The molecule has 1 N–H and O–H groups in total. The number of aryl methyl sites for hydroxylation is 1. The lowest BCUT2D eigenvalue weighted by molar-refractivity contribution is -0.201. The molecule has 1 aliphatic heterocycles. The third-order valence-electron chi connectivity index (χ3n) is 10.4. The summed E-state index contributed by atoms with van der Waals surface area (Å²) in [4.78, 5) is 23.2. The summed E-state index contributed by atoms with van der Waals surface area (Å²) in [6.45, 7) is 9.40. The number of sulfone groups is 1. The van der Waals surface area contributed by atoms with Gasteiger partial charge in [-0.05, 0) is 84.5 Å². The van der Waals surface area contributed by atoms with Gasteiger partial charge in [0.05, 0.1) is 27.2 Å². The Labute approximate surface area is 319 Å². The predicted octanol–water partition coefficient (Wildman–Crippen LogP) is 6.32. The molecule has 1 saturated carbocycles. The van der Waals surface area contributed by atoms with Crippen LogP contribution < -0.4 is 15.9 Å². The zero-order chi connectivity index (χ0) is 37.7. The number of nitrogens with one attached hydrogen (secondary N) is 1. The van der Waals surface area contributed by atoms with Crippen LogP contribution in [0, 0.1) is 29.1 Å². The second-order valence-corrected chi connectivity index (χ2v) is 23.2. The first-order chi connectivity index (χ1) is 25.2. The average molecular weight is 769 g/mol. The van der Waals surface area contributed by atoms with Crippen LogP contribution in [0.5, 0.6) is 0 Å². The molecule has 1 aliphatic carbocycles. The molecule has 0 bridgehead atoms. The number of nitrogens with zero attached hydrogens (tertiary/aromatic N) is 1. The molecule has 1 saturated heterocycles. The van der Waals surface area contributed by atoms with Crippen LogP contribution >= 0.6 is 11.3 Å². The first kappa shape index (κ1) is 38.9. The first-order valence-electron chi connectivity index (χ1n) is 18.2. The molecule has 6 rings (SSSR count). The molecule has 53 heavy (non-hydrogen) atoms. The van der Waals surface area contributed by atoms with Crippen molar-refractivity contribution in [3.8, 4) is 23.7 Å². The summed E-state index contributed by atoms with van der Waals surface area (Å²) in [7, 11) is -6.43. The maximum atomic E-state index is 13.1. The highest BCUT2D eigenvalue weighted by Gasteiger charge is 2.53. The molecule has 11 heteroatoms. The number of fused-ring (bicyclic) bond motifs is 1. The monoisotopic (exact) mass is 768 g/mol. The summed E-state index contributed by atoms with van der Waals surface area (Å²) in [6, 6.07) is 27.1. The van der Waals surface area contributed by atoms with E-state index in [2.05, 4.69) is 111 Å². The Bertz CT molecular complexity index is 2110. The summed E-state index contributed by atoms with van der Waals surface area (Å²) in [5, 5.41) is 3.15. The van der Waals surface area contributed by atoms with Crippen molar-refractivity contribution in [1.29, 1.82) is 0 Å². The van der Waals surface area contributed by atoms with Gasteiger partial charge >= 0.3 is 0 Å². The molecular weight excluding hydrogens is 721 g/mol. The highest BCUT2D eigenvalue weighted by Crippen LogP contribution is 2.47. The molecule has 4 aromatic rings. The lowest BCUT2D eigenvalue weighted by atomic mass is 10.0. The second kappa shape index (κ2) is 15.9. The summed E-state index contributed by atoms with van der Waals surface area (Å²) in [5.74, 6) is 12.1. The van der Waals surface area contributed by atoms with E-state index in [1.807, 2.05) is 18.2 Å². The van der Waals surface area contributed by atoms with E-state index in [0.717, 1.165) is 52.7 Å². The van der Waals surface area contributed by atoms with Gasteiger partial charge in [-0.15, -0.1) is 11.3 Å². The van der Waals surface area contributed by atoms with E-state index in [1.165, 1.54) is 28.6 Å². The van der Waals surface area contributed by atoms with E-state index in [9.17, 15) is 13.2 Å². The van der Waals surface area contributed by atoms with Crippen molar-refractivity contribution < 1.29 is 27.2 Å². The molecule has 0 radical (unpaired) electrons. The molecule has 1 unspecified atom stereocenters. The summed E-state index contributed by atoms with van der Waals surface area (Å²) in [6.07, 6.45) is 5.31. The van der Waals surface area contributed by atoms with Crippen molar-refractivity contribution in [3.05, 3.63) is 89.4 Å². The minimum Gasteiger partial charge on any atom is -0.406 e. The lowest BCUT2D eigenvalue weighted by Gasteiger charge is -2.43. The number of hydrogen-bond acceptors (Lipinski definition) is 8. The maximum absolute atomic E-state index is 13.1. The summed E-state index contributed by atoms with van der Waals surface area (Å²) in [5.41, 5.74) is 3.76. The average Bonchev–Trinajstić information content (AvgIpc) is 3.80. The van der Waals surface area contributed by atoms with Crippen molar-refractivity contribution >= 4 is 56.0 Å². The van der Waals surface area contributed by atoms with E-state index >= 15 is 0 Å². The minimum atomic E-state index is -3.78. The topological polar surface area (TPSA) is 104 Å². The molecular formula is C42H48N2O6S2Si. The van der Waals surface area contributed by atoms with Crippen LogP contribution in [0.15, 0.2) is 78.9 Å². The number of rotatable bonds is 12. The number of carbonyl (C=O) groups excluding carboxylic acids is 1. The number of aromatic nitrogens is 1. The van der Waals surface area contributed by atoms with Crippen LogP contribution in [-0.4, -0.2) is 58.1 Å². The molecule has 1 aromatic heterocycles. The normalized spacial score (nSPS) is 18.2. The van der Waals surface area contributed by atoms with Gasteiger partial charge in [0, 0.05) is 31.3 Å². The second-order valence-electron chi connectivity index (χ2n) is 15.4. The molecule has 1 amide bonds. The molecule has 278 valence electrons. The van der Waals surface area contributed by atoms with Crippen molar-refractivity contribution in [2.75, 3.05) is 19.5 Å². The van der Waals surface area contributed by atoms with Crippen molar-refractivity contribution in [1.82, 2.24) is 10.5 Å². The molecule has 2 fully saturated rings. The highest BCUT2D eigenvalue weighted by molar-refractivity contribution is 7.92. The van der Waals surface area contributed by atoms with Crippen molar-refractivity contribution in [2.24, 2.45) is 5.41 Å². The quantitative estimate of drug-likeness (QED) is 0.102. The number of carbonyl (C=O) groups is 1. The van der Waals surface area contributed by atoms with Gasteiger partial charge < -0.3 is 9.16 Å². The minimum absolute atomic E-state index is 0.0517. The smallest absolute Gasteiger partial charge is 0.264 e. The fraction of sp³-hybridized carbons (Fsp3) is 0.429. The van der Waals surface area contributed by atoms with Gasteiger partial charge in [-0.25, -0.2) is 23.7 Å². The largest absolute Gasteiger partial charge is 0.406 e. The van der Waals surface area contributed by atoms with Gasteiger partial charge in [0.1, 0.15) is 4.75 Å². The van der Waals surface area contributed by atoms with Crippen molar-refractivity contribution in [3.63, 3.8) is 0 Å². The van der Waals surface area contributed by atoms with Crippen LogP contribution in [0.2, 0.25) is 5.04 Å². The Balaban J connectivity index is 1.12. The van der Waals surface area contributed by atoms with Gasteiger partial charge in [0.25, 0.3) is 14.2 Å². The number of benzene rings is 3. The van der Waals surface area contributed by atoms with Gasteiger partial charge in [-0.1, -0.05) is 93.3 Å². The number of hydroxylamine groups is 1. The summed E-state index contributed by atoms with van der Waals surface area (Å²) < 4.78 is 37.5. The van der Waals surface area contributed by atoms with E-state index in [0.29, 0.717) is 26.1 Å². The molecule has 0 spiro atoms. The maximum Gasteiger partial charge on any atom is 0.264 e. The van der Waals surface area contributed by atoms with Crippen molar-refractivity contribution in [2.45, 2.75) is 88.7 Å². The molecule has 8 nitrogen and oxygen atoms in total. The zero-order valence-electron chi connectivity index (χ0n) is 31.2. The van der Waals surface area contributed by atoms with Gasteiger partial charge in [-0.3, -0.25) is 4.79 Å². The van der Waals surface area contributed by atoms with Gasteiger partial charge in [0.2, 0.25) is 0 Å². The molecule has 2 heterocycles. The zero-order valence-corrected chi connectivity index (χ0v) is 33.8. The van der Waals surface area contributed by atoms with Crippen LogP contribution in [0.4, 0.5) is 0 Å². The van der Waals surface area contributed by atoms with Gasteiger partial charge in [0.15, 0.2) is 16.1 Å². The van der Waals surface area contributed by atoms with E-state index in [-0.39, 0.29) is 16.9 Å². The van der Waals surface area contributed by atoms with Crippen LogP contribution in [0.1, 0.15) is 76.8 Å². The van der Waals surface area contributed by atoms with Gasteiger partial charge in [-0.2, -0.15) is 0 Å². The van der Waals surface area contributed by atoms with Crippen LogP contribution in [-0.2, 0) is 35.1 Å². The van der Waals surface area contributed by atoms with E-state index in [1.54, 1.807) is 0 Å². The Morgan fingerprint density at radius 1 is 1.00 bits per heavy atom.